The van der Waals surface area contributed by atoms with E-state index in [9.17, 15) is 9.59 Å². The molecule has 19 heavy (non-hydrogen) atoms. The molecule has 1 amide bonds. The lowest BCUT2D eigenvalue weighted by Crippen LogP contribution is -2.49. The molecule has 1 saturated carbocycles. The van der Waals surface area contributed by atoms with Crippen molar-refractivity contribution in [2.45, 2.75) is 44.6 Å². The van der Waals surface area contributed by atoms with Crippen LogP contribution in [0.4, 0.5) is 0 Å². The lowest BCUT2D eigenvalue weighted by atomic mass is 9.93. The van der Waals surface area contributed by atoms with Crippen molar-refractivity contribution in [1.29, 1.82) is 0 Å². The summed E-state index contributed by atoms with van der Waals surface area (Å²) in [6.07, 6.45) is 3.35. The maximum Gasteiger partial charge on any atom is 0.305 e. The van der Waals surface area contributed by atoms with E-state index < -0.39 is 11.5 Å². The van der Waals surface area contributed by atoms with Crippen LogP contribution < -0.4 is 5.32 Å². The molecule has 2 N–H and O–H groups in total. The Hall–Kier alpha value is -1.14. The van der Waals surface area contributed by atoms with E-state index in [1.807, 2.05) is 6.92 Å². The van der Waals surface area contributed by atoms with Gasteiger partial charge in [-0.2, -0.15) is 0 Å². The molecular formula is C13H23NO5. The van der Waals surface area contributed by atoms with E-state index in [0.717, 1.165) is 25.7 Å². The van der Waals surface area contributed by atoms with Crippen LogP contribution in [0.25, 0.3) is 0 Å². The van der Waals surface area contributed by atoms with Crippen molar-refractivity contribution in [3.8, 4) is 0 Å². The van der Waals surface area contributed by atoms with E-state index in [4.69, 9.17) is 14.6 Å². The molecular weight excluding hydrogens is 250 g/mol. The van der Waals surface area contributed by atoms with Crippen LogP contribution in [0.3, 0.4) is 0 Å². The number of carbonyl (C=O) groups is 2. The second kappa shape index (κ2) is 8.12. The van der Waals surface area contributed by atoms with Gasteiger partial charge in [-0.15, -0.1) is 0 Å². The molecule has 0 saturated heterocycles. The third-order valence-electron chi connectivity index (χ3n) is 3.26. The average Bonchev–Trinajstić information content (AvgIpc) is 2.76. The second-order valence-corrected chi connectivity index (χ2v) is 4.86. The first-order chi connectivity index (χ1) is 9.08. The van der Waals surface area contributed by atoms with Crippen LogP contribution in [-0.4, -0.2) is 48.9 Å². The van der Waals surface area contributed by atoms with E-state index in [1.165, 1.54) is 0 Å². The Morgan fingerprint density at radius 3 is 2.42 bits per heavy atom. The van der Waals surface area contributed by atoms with Crippen LogP contribution in [0.1, 0.15) is 39.0 Å². The van der Waals surface area contributed by atoms with E-state index in [2.05, 4.69) is 5.32 Å². The molecule has 1 aliphatic carbocycles. The van der Waals surface area contributed by atoms with Crippen molar-refractivity contribution in [1.82, 2.24) is 5.32 Å². The zero-order chi connectivity index (χ0) is 14.1. The average molecular weight is 273 g/mol. The molecule has 0 aromatic rings. The van der Waals surface area contributed by atoms with Gasteiger partial charge in [-0.1, -0.05) is 12.8 Å². The van der Waals surface area contributed by atoms with Gasteiger partial charge in [-0.25, -0.2) is 0 Å². The maximum absolute atomic E-state index is 11.7. The number of aliphatic carboxylic acids is 1. The van der Waals surface area contributed by atoms with Gasteiger partial charge in [0.1, 0.15) is 6.61 Å². The number of amides is 1. The van der Waals surface area contributed by atoms with Crippen molar-refractivity contribution in [2.75, 3.05) is 26.4 Å². The third kappa shape index (κ3) is 6.02. The highest BCUT2D eigenvalue weighted by atomic mass is 16.5. The largest absolute Gasteiger partial charge is 0.481 e. The molecule has 0 atom stereocenters. The lowest BCUT2D eigenvalue weighted by Gasteiger charge is -2.28. The first kappa shape index (κ1) is 15.9. The van der Waals surface area contributed by atoms with Gasteiger partial charge in [0.25, 0.3) is 0 Å². The number of carboxylic acids is 1. The number of nitrogens with one attached hydrogen (secondary N) is 1. The first-order valence-corrected chi connectivity index (χ1v) is 6.76. The Morgan fingerprint density at radius 1 is 1.21 bits per heavy atom. The lowest BCUT2D eigenvalue weighted by molar-refractivity contribution is -0.139. The van der Waals surface area contributed by atoms with Crippen LogP contribution in [0.5, 0.6) is 0 Å². The monoisotopic (exact) mass is 273 g/mol. The standard InChI is InChI=1S/C13H23NO5/c1-2-18-7-8-19-10-11(15)14-13(9-12(16)17)5-3-4-6-13/h2-10H2,1H3,(H,14,15)(H,16,17). The molecule has 0 aromatic carbocycles. The van der Waals surface area contributed by atoms with Gasteiger partial charge >= 0.3 is 5.97 Å². The molecule has 0 aliphatic heterocycles. The Kier molecular flexibility index (Phi) is 6.80. The van der Waals surface area contributed by atoms with Crippen LogP contribution in [0.15, 0.2) is 0 Å². The van der Waals surface area contributed by atoms with Crippen LogP contribution in [0.2, 0.25) is 0 Å². The summed E-state index contributed by atoms with van der Waals surface area (Å²) >= 11 is 0. The van der Waals surface area contributed by atoms with Gasteiger partial charge in [0.15, 0.2) is 0 Å². The normalized spacial score (nSPS) is 17.3. The second-order valence-electron chi connectivity index (χ2n) is 4.86. The zero-order valence-electron chi connectivity index (χ0n) is 11.4. The fourth-order valence-corrected chi connectivity index (χ4v) is 2.45. The fourth-order valence-electron chi connectivity index (χ4n) is 2.45. The molecule has 1 aliphatic rings. The van der Waals surface area contributed by atoms with Gasteiger partial charge in [-0.05, 0) is 19.8 Å². The molecule has 0 bridgehead atoms. The molecule has 1 rings (SSSR count). The fraction of sp³-hybridized carbons (Fsp3) is 0.846. The van der Waals surface area contributed by atoms with Crippen molar-refractivity contribution < 1.29 is 24.2 Å². The predicted octanol–water partition coefficient (Wildman–Crippen LogP) is 0.943. The number of rotatable bonds is 9. The molecule has 0 radical (unpaired) electrons. The Labute approximate surface area is 113 Å². The summed E-state index contributed by atoms with van der Waals surface area (Å²) in [6, 6.07) is 0. The van der Waals surface area contributed by atoms with Gasteiger partial charge in [0.05, 0.1) is 25.2 Å². The summed E-state index contributed by atoms with van der Waals surface area (Å²) in [5.41, 5.74) is -0.577. The summed E-state index contributed by atoms with van der Waals surface area (Å²) in [6.45, 7) is 3.30. The Balaban J connectivity index is 2.29. The molecule has 0 aromatic heterocycles. The highest BCUT2D eigenvalue weighted by Gasteiger charge is 2.37. The van der Waals surface area contributed by atoms with Crippen molar-refractivity contribution >= 4 is 11.9 Å². The van der Waals surface area contributed by atoms with Gasteiger partial charge in [-0.3, -0.25) is 9.59 Å². The van der Waals surface area contributed by atoms with Crippen molar-refractivity contribution in [3.63, 3.8) is 0 Å². The number of hydrogen-bond donors (Lipinski definition) is 2. The van der Waals surface area contributed by atoms with Gasteiger partial charge in [0, 0.05) is 6.61 Å². The zero-order valence-corrected chi connectivity index (χ0v) is 11.4. The molecule has 110 valence electrons. The molecule has 0 unspecified atom stereocenters. The summed E-state index contributed by atoms with van der Waals surface area (Å²) in [5.74, 6) is -1.13. The maximum atomic E-state index is 11.7. The van der Waals surface area contributed by atoms with Crippen molar-refractivity contribution in [3.05, 3.63) is 0 Å². The predicted molar refractivity (Wildman–Crippen MR) is 68.9 cm³/mol. The summed E-state index contributed by atoms with van der Waals surface area (Å²) in [7, 11) is 0. The highest BCUT2D eigenvalue weighted by molar-refractivity contribution is 5.79. The van der Waals surface area contributed by atoms with Crippen LogP contribution >= 0.6 is 0 Å². The highest BCUT2D eigenvalue weighted by Crippen LogP contribution is 2.32. The molecule has 6 nitrogen and oxygen atoms in total. The number of ether oxygens (including phenoxy) is 2. The summed E-state index contributed by atoms with van der Waals surface area (Å²) in [4.78, 5) is 22.6. The molecule has 6 heteroatoms. The van der Waals surface area contributed by atoms with Crippen LogP contribution in [0, 0.1) is 0 Å². The number of hydrogen-bond acceptors (Lipinski definition) is 4. The SMILES string of the molecule is CCOCCOCC(=O)NC1(CC(=O)O)CCCC1. The molecule has 0 spiro atoms. The quantitative estimate of drug-likeness (QED) is 0.611. The first-order valence-electron chi connectivity index (χ1n) is 6.76. The molecule has 0 heterocycles. The Morgan fingerprint density at radius 2 is 1.84 bits per heavy atom. The molecule has 1 fully saturated rings. The minimum atomic E-state index is -0.875. The summed E-state index contributed by atoms with van der Waals surface area (Å²) < 4.78 is 10.3. The minimum absolute atomic E-state index is 0.0162. The van der Waals surface area contributed by atoms with E-state index in [1.54, 1.807) is 0 Å². The van der Waals surface area contributed by atoms with Gasteiger partial charge < -0.3 is 19.9 Å². The van der Waals surface area contributed by atoms with Crippen LogP contribution in [-0.2, 0) is 19.1 Å². The Bertz CT molecular complexity index is 299. The minimum Gasteiger partial charge on any atom is -0.481 e. The van der Waals surface area contributed by atoms with E-state index in [-0.39, 0.29) is 18.9 Å². The third-order valence-corrected chi connectivity index (χ3v) is 3.26. The number of carboxylic acid groups (broad SMARTS) is 1. The smallest absolute Gasteiger partial charge is 0.305 e. The van der Waals surface area contributed by atoms with Crippen molar-refractivity contribution in [2.24, 2.45) is 0 Å². The van der Waals surface area contributed by atoms with E-state index >= 15 is 0 Å². The summed E-state index contributed by atoms with van der Waals surface area (Å²) in [5, 5.41) is 11.8. The topological polar surface area (TPSA) is 84.9 Å². The van der Waals surface area contributed by atoms with E-state index in [0.29, 0.717) is 19.8 Å². The number of carbonyl (C=O) groups excluding carboxylic acids is 1. The van der Waals surface area contributed by atoms with Gasteiger partial charge in [0.2, 0.25) is 5.91 Å².